The highest BCUT2D eigenvalue weighted by atomic mass is 14.9. The first-order valence-electron chi connectivity index (χ1n) is 6.48. The number of allylic oxidation sites excluding steroid dienone is 5. The predicted octanol–water partition coefficient (Wildman–Crippen LogP) is 4.19. The lowest BCUT2D eigenvalue weighted by molar-refractivity contribution is 0.317. The van der Waals surface area contributed by atoms with Crippen molar-refractivity contribution in [2.24, 2.45) is 5.92 Å². The lowest BCUT2D eigenvalue weighted by atomic mass is 9.87. The summed E-state index contributed by atoms with van der Waals surface area (Å²) in [6.45, 7) is 6.49. The van der Waals surface area contributed by atoms with E-state index in [0.717, 1.165) is 5.92 Å². The predicted molar refractivity (Wildman–Crippen MR) is 72.3 cm³/mol. The molecular weight excluding hydrogens is 194 g/mol. The van der Waals surface area contributed by atoms with E-state index in [1.807, 2.05) is 13.0 Å². The summed E-state index contributed by atoms with van der Waals surface area (Å²) in [5, 5.41) is 3.64. The van der Waals surface area contributed by atoms with Crippen molar-refractivity contribution in [3.05, 3.63) is 36.1 Å². The Labute approximate surface area is 100 Å². The Kier molecular flexibility index (Phi) is 5.99. The first kappa shape index (κ1) is 13.1. The Morgan fingerprint density at radius 1 is 1.19 bits per heavy atom. The third-order valence-corrected chi connectivity index (χ3v) is 3.20. The SMILES string of the molecule is CC=C(/C=C\C=C/C)NC1CCCC(C)C1. The van der Waals surface area contributed by atoms with E-state index in [9.17, 15) is 0 Å². The molecule has 1 rings (SSSR count). The molecule has 2 unspecified atom stereocenters. The van der Waals surface area contributed by atoms with Crippen molar-refractivity contribution in [1.29, 1.82) is 0 Å². The highest BCUT2D eigenvalue weighted by molar-refractivity contribution is 5.20. The van der Waals surface area contributed by atoms with Crippen molar-refractivity contribution in [1.82, 2.24) is 5.32 Å². The summed E-state index contributed by atoms with van der Waals surface area (Å²) in [6.07, 6.45) is 15.9. The second-order valence-corrected chi connectivity index (χ2v) is 4.74. The molecule has 0 heterocycles. The molecule has 0 aromatic rings. The molecule has 1 aliphatic rings. The minimum absolute atomic E-state index is 0.671. The van der Waals surface area contributed by atoms with Gasteiger partial charge in [0.2, 0.25) is 0 Å². The van der Waals surface area contributed by atoms with Gasteiger partial charge >= 0.3 is 0 Å². The van der Waals surface area contributed by atoms with Crippen molar-refractivity contribution in [3.8, 4) is 0 Å². The number of rotatable bonds is 4. The Morgan fingerprint density at radius 2 is 2.00 bits per heavy atom. The van der Waals surface area contributed by atoms with Crippen LogP contribution in [0.2, 0.25) is 0 Å². The van der Waals surface area contributed by atoms with Crippen molar-refractivity contribution < 1.29 is 0 Å². The molecular formula is C15H25N. The maximum atomic E-state index is 3.64. The van der Waals surface area contributed by atoms with Gasteiger partial charge in [0, 0.05) is 11.7 Å². The van der Waals surface area contributed by atoms with Crippen LogP contribution in [0.1, 0.15) is 46.5 Å². The molecule has 0 saturated heterocycles. The summed E-state index contributed by atoms with van der Waals surface area (Å²) in [4.78, 5) is 0. The zero-order chi connectivity index (χ0) is 11.8. The first-order valence-corrected chi connectivity index (χ1v) is 6.48. The van der Waals surface area contributed by atoms with Crippen molar-refractivity contribution >= 4 is 0 Å². The van der Waals surface area contributed by atoms with Crippen LogP contribution in [-0.2, 0) is 0 Å². The monoisotopic (exact) mass is 219 g/mol. The van der Waals surface area contributed by atoms with E-state index in [1.165, 1.54) is 31.4 Å². The molecule has 1 fully saturated rings. The molecule has 0 spiro atoms. The van der Waals surface area contributed by atoms with Crippen LogP contribution in [0, 0.1) is 5.92 Å². The van der Waals surface area contributed by atoms with Crippen LogP contribution in [0.4, 0.5) is 0 Å². The molecule has 1 N–H and O–H groups in total. The van der Waals surface area contributed by atoms with Crippen LogP contribution in [0.5, 0.6) is 0 Å². The van der Waals surface area contributed by atoms with Crippen LogP contribution in [0.25, 0.3) is 0 Å². The molecule has 1 nitrogen and oxygen atoms in total. The van der Waals surface area contributed by atoms with E-state index in [-0.39, 0.29) is 0 Å². The van der Waals surface area contributed by atoms with E-state index in [1.54, 1.807) is 0 Å². The average Bonchev–Trinajstić information content (AvgIpc) is 2.28. The number of nitrogens with one attached hydrogen (secondary N) is 1. The molecule has 0 bridgehead atoms. The fraction of sp³-hybridized carbons (Fsp3) is 0.600. The van der Waals surface area contributed by atoms with Crippen LogP contribution < -0.4 is 5.32 Å². The van der Waals surface area contributed by atoms with Gasteiger partial charge in [-0.1, -0.05) is 44.1 Å². The van der Waals surface area contributed by atoms with Gasteiger partial charge in [-0.3, -0.25) is 0 Å². The topological polar surface area (TPSA) is 12.0 Å². The third kappa shape index (κ3) is 4.69. The minimum atomic E-state index is 0.671. The maximum absolute atomic E-state index is 3.64. The molecule has 0 aromatic carbocycles. The molecule has 0 aromatic heterocycles. The van der Waals surface area contributed by atoms with E-state index in [2.05, 4.69) is 43.5 Å². The molecule has 1 saturated carbocycles. The van der Waals surface area contributed by atoms with Gasteiger partial charge in [-0.15, -0.1) is 0 Å². The lowest BCUT2D eigenvalue weighted by Crippen LogP contribution is -2.32. The summed E-state index contributed by atoms with van der Waals surface area (Å²) in [6, 6.07) is 0.671. The quantitative estimate of drug-likeness (QED) is 0.699. The third-order valence-electron chi connectivity index (χ3n) is 3.20. The first-order chi connectivity index (χ1) is 7.76. The molecule has 0 amide bonds. The molecule has 0 radical (unpaired) electrons. The summed E-state index contributed by atoms with van der Waals surface area (Å²) in [5.41, 5.74) is 1.25. The normalized spacial score (nSPS) is 27.8. The van der Waals surface area contributed by atoms with E-state index >= 15 is 0 Å². The van der Waals surface area contributed by atoms with Crippen molar-refractivity contribution in [3.63, 3.8) is 0 Å². The molecule has 16 heavy (non-hydrogen) atoms. The Balaban J connectivity index is 2.44. The second-order valence-electron chi connectivity index (χ2n) is 4.74. The fourth-order valence-electron chi connectivity index (χ4n) is 2.30. The summed E-state index contributed by atoms with van der Waals surface area (Å²) in [7, 11) is 0. The van der Waals surface area contributed by atoms with Gasteiger partial charge in [0.05, 0.1) is 0 Å². The van der Waals surface area contributed by atoms with Gasteiger partial charge in [0.15, 0.2) is 0 Å². The van der Waals surface area contributed by atoms with Gasteiger partial charge in [0.25, 0.3) is 0 Å². The zero-order valence-electron chi connectivity index (χ0n) is 10.9. The van der Waals surface area contributed by atoms with Crippen molar-refractivity contribution in [2.45, 2.75) is 52.5 Å². The maximum Gasteiger partial charge on any atom is 0.0298 e. The summed E-state index contributed by atoms with van der Waals surface area (Å²) < 4.78 is 0. The van der Waals surface area contributed by atoms with E-state index < -0.39 is 0 Å². The fourth-order valence-corrected chi connectivity index (χ4v) is 2.30. The van der Waals surface area contributed by atoms with Gasteiger partial charge < -0.3 is 5.32 Å². The van der Waals surface area contributed by atoms with Gasteiger partial charge in [0.1, 0.15) is 0 Å². The van der Waals surface area contributed by atoms with Gasteiger partial charge in [-0.25, -0.2) is 0 Å². The molecule has 0 aliphatic heterocycles. The zero-order valence-corrected chi connectivity index (χ0v) is 10.9. The molecule has 90 valence electrons. The Morgan fingerprint density at radius 3 is 2.62 bits per heavy atom. The Bertz CT molecular complexity index is 273. The molecule has 1 aliphatic carbocycles. The Hall–Kier alpha value is -0.980. The summed E-state index contributed by atoms with van der Waals surface area (Å²) >= 11 is 0. The van der Waals surface area contributed by atoms with Gasteiger partial charge in [-0.05, 0) is 38.7 Å². The highest BCUT2D eigenvalue weighted by Gasteiger charge is 2.18. The molecule has 1 heteroatoms. The van der Waals surface area contributed by atoms with E-state index in [0.29, 0.717) is 6.04 Å². The number of hydrogen-bond acceptors (Lipinski definition) is 1. The summed E-state index contributed by atoms with van der Waals surface area (Å²) in [5.74, 6) is 0.879. The standard InChI is InChI=1S/C15H25N/c1-4-6-7-10-14(5-2)16-15-11-8-9-13(3)12-15/h4-7,10,13,15-16H,8-9,11-12H2,1-3H3/b6-4-,10-7-,14-5?. The smallest absolute Gasteiger partial charge is 0.0298 e. The highest BCUT2D eigenvalue weighted by Crippen LogP contribution is 2.24. The van der Waals surface area contributed by atoms with Crippen LogP contribution in [0.15, 0.2) is 36.1 Å². The lowest BCUT2D eigenvalue weighted by Gasteiger charge is -2.28. The average molecular weight is 219 g/mol. The van der Waals surface area contributed by atoms with Gasteiger partial charge in [-0.2, -0.15) is 0 Å². The minimum Gasteiger partial charge on any atom is -0.383 e. The van der Waals surface area contributed by atoms with Crippen LogP contribution in [0.3, 0.4) is 0 Å². The van der Waals surface area contributed by atoms with Crippen LogP contribution in [-0.4, -0.2) is 6.04 Å². The largest absolute Gasteiger partial charge is 0.383 e. The second kappa shape index (κ2) is 7.32. The van der Waals surface area contributed by atoms with Crippen LogP contribution >= 0.6 is 0 Å². The van der Waals surface area contributed by atoms with E-state index in [4.69, 9.17) is 0 Å². The number of hydrogen-bond donors (Lipinski definition) is 1. The van der Waals surface area contributed by atoms with Crippen molar-refractivity contribution in [2.75, 3.05) is 0 Å². The molecule has 2 atom stereocenters.